The van der Waals surface area contributed by atoms with Crippen molar-refractivity contribution in [2.24, 2.45) is 0 Å². The average molecular weight is 296 g/mol. The number of halogens is 1. The Morgan fingerprint density at radius 3 is 2.55 bits per heavy atom. The van der Waals surface area contributed by atoms with Crippen LogP contribution in [0, 0.1) is 0 Å². The lowest BCUT2D eigenvalue weighted by Crippen LogP contribution is -2.26. The Bertz CT molecular complexity index is 482. The second-order valence-electron chi connectivity index (χ2n) is 4.32. The Labute approximate surface area is 124 Å². The number of rotatable bonds is 6. The van der Waals surface area contributed by atoms with Crippen LogP contribution in [-0.4, -0.2) is 37.5 Å². The molecular formula is C15H18ClNO3. The number of hydrogen-bond acceptors (Lipinski definition) is 3. The summed E-state index contributed by atoms with van der Waals surface area (Å²) in [7, 11) is 3.05. The molecule has 0 spiro atoms. The summed E-state index contributed by atoms with van der Waals surface area (Å²) in [6, 6.07) is 7.21. The van der Waals surface area contributed by atoms with Gasteiger partial charge in [-0.05, 0) is 30.2 Å². The van der Waals surface area contributed by atoms with Crippen molar-refractivity contribution in [2.75, 3.05) is 20.7 Å². The van der Waals surface area contributed by atoms with Crippen molar-refractivity contribution in [3.05, 3.63) is 40.9 Å². The van der Waals surface area contributed by atoms with Gasteiger partial charge in [0, 0.05) is 31.1 Å². The molecule has 0 aliphatic rings. The van der Waals surface area contributed by atoms with E-state index in [1.807, 2.05) is 12.1 Å². The highest BCUT2D eigenvalue weighted by Gasteiger charge is 2.06. The molecule has 1 aromatic carbocycles. The van der Waals surface area contributed by atoms with Gasteiger partial charge in [-0.15, -0.1) is 0 Å². The molecule has 0 aliphatic heterocycles. The molecule has 1 aromatic rings. The van der Waals surface area contributed by atoms with Crippen LogP contribution in [0.2, 0.25) is 5.02 Å². The standard InChI is InChI=1S/C15H18ClNO3/c1-17(11-3-4-15(19)20-2)14(18)10-7-12-5-8-13(16)9-6-12/h5-10H,3-4,11H2,1-2H3/b10-7+. The number of ether oxygens (including phenoxy) is 1. The van der Waals surface area contributed by atoms with E-state index in [0.717, 1.165) is 5.56 Å². The van der Waals surface area contributed by atoms with E-state index >= 15 is 0 Å². The molecule has 0 aromatic heterocycles. The molecule has 0 unspecified atom stereocenters. The maximum Gasteiger partial charge on any atom is 0.305 e. The van der Waals surface area contributed by atoms with Crippen LogP contribution in [-0.2, 0) is 14.3 Å². The van der Waals surface area contributed by atoms with E-state index in [9.17, 15) is 9.59 Å². The molecule has 1 rings (SSSR count). The Morgan fingerprint density at radius 2 is 1.95 bits per heavy atom. The van der Waals surface area contributed by atoms with Gasteiger partial charge in [0.05, 0.1) is 7.11 Å². The van der Waals surface area contributed by atoms with E-state index in [4.69, 9.17) is 11.6 Å². The molecule has 0 heterocycles. The van der Waals surface area contributed by atoms with Gasteiger partial charge in [-0.2, -0.15) is 0 Å². The molecule has 0 aliphatic carbocycles. The number of likely N-dealkylation sites (N-methyl/N-ethyl adjacent to an activating group) is 1. The summed E-state index contributed by atoms with van der Waals surface area (Å²) in [6.07, 6.45) is 4.13. The molecule has 0 saturated heterocycles. The van der Waals surface area contributed by atoms with Crippen molar-refractivity contribution in [2.45, 2.75) is 12.8 Å². The lowest BCUT2D eigenvalue weighted by atomic mass is 10.2. The number of carbonyl (C=O) groups excluding carboxylic acids is 2. The third-order valence-corrected chi connectivity index (χ3v) is 3.02. The minimum Gasteiger partial charge on any atom is -0.469 e. The first kappa shape index (κ1) is 16.2. The van der Waals surface area contributed by atoms with Crippen molar-refractivity contribution in [3.8, 4) is 0 Å². The number of carbonyl (C=O) groups is 2. The summed E-state index contributed by atoms with van der Waals surface area (Å²) in [5.74, 6) is -0.368. The minimum absolute atomic E-state index is 0.107. The van der Waals surface area contributed by atoms with Gasteiger partial charge in [-0.3, -0.25) is 9.59 Å². The zero-order valence-electron chi connectivity index (χ0n) is 11.6. The van der Waals surface area contributed by atoms with Crippen LogP contribution in [0.1, 0.15) is 18.4 Å². The average Bonchev–Trinajstić information content (AvgIpc) is 2.45. The first-order chi connectivity index (χ1) is 9.52. The first-order valence-electron chi connectivity index (χ1n) is 6.28. The SMILES string of the molecule is COC(=O)CCCN(C)C(=O)/C=C/c1ccc(Cl)cc1. The fraction of sp³-hybridized carbons (Fsp3) is 0.333. The number of methoxy groups -OCH3 is 1. The fourth-order valence-corrected chi connectivity index (χ4v) is 1.67. The fourth-order valence-electron chi connectivity index (χ4n) is 1.54. The first-order valence-corrected chi connectivity index (χ1v) is 6.66. The Morgan fingerprint density at radius 1 is 1.30 bits per heavy atom. The van der Waals surface area contributed by atoms with Crippen LogP contribution in [0.3, 0.4) is 0 Å². The van der Waals surface area contributed by atoms with Crippen molar-refractivity contribution in [1.82, 2.24) is 4.90 Å². The second-order valence-corrected chi connectivity index (χ2v) is 4.76. The minimum atomic E-state index is -0.262. The molecule has 20 heavy (non-hydrogen) atoms. The molecule has 0 bridgehead atoms. The molecular weight excluding hydrogens is 278 g/mol. The summed E-state index contributed by atoms with van der Waals surface area (Å²) in [4.78, 5) is 24.3. The number of benzene rings is 1. The van der Waals surface area contributed by atoms with Gasteiger partial charge in [0.1, 0.15) is 0 Å². The molecule has 0 radical (unpaired) electrons. The van der Waals surface area contributed by atoms with E-state index < -0.39 is 0 Å². The van der Waals surface area contributed by atoms with Gasteiger partial charge < -0.3 is 9.64 Å². The van der Waals surface area contributed by atoms with Gasteiger partial charge in [0.25, 0.3) is 0 Å². The van der Waals surface area contributed by atoms with Crippen LogP contribution in [0.5, 0.6) is 0 Å². The van der Waals surface area contributed by atoms with E-state index in [0.29, 0.717) is 24.4 Å². The quantitative estimate of drug-likeness (QED) is 0.599. The highest BCUT2D eigenvalue weighted by atomic mass is 35.5. The van der Waals surface area contributed by atoms with Gasteiger partial charge in [0.15, 0.2) is 0 Å². The normalized spacial score (nSPS) is 10.6. The molecule has 108 valence electrons. The van der Waals surface area contributed by atoms with Crippen LogP contribution >= 0.6 is 11.6 Å². The number of hydrogen-bond donors (Lipinski definition) is 0. The van der Waals surface area contributed by atoms with Crippen molar-refractivity contribution < 1.29 is 14.3 Å². The summed E-state index contributed by atoms with van der Waals surface area (Å²) in [5.41, 5.74) is 0.908. The van der Waals surface area contributed by atoms with Crippen molar-refractivity contribution in [1.29, 1.82) is 0 Å². The second kappa shape index (κ2) is 8.38. The van der Waals surface area contributed by atoms with Gasteiger partial charge in [-0.25, -0.2) is 0 Å². The molecule has 1 amide bonds. The number of amides is 1. The topological polar surface area (TPSA) is 46.6 Å². The largest absolute Gasteiger partial charge is 0.469 e. The third-order valence-electron chi connectivity index (χ3n) is 2.77. The van der Waals surface area contributed by atoms with Crippen LogP contribution < -0.4 is 0 Å². The highest BCUT2D eigenvalue weighted by molar-refractivity contribution is 6.30. The third kappa shape index (κ3) is 5.89. The summed E-state index contributed by atoms with van der Waals surface area (Å²) in [6.45, 7) is 0.513. The highest BCUT2D eigenvalue weighted by Crippen LogP contribution is 2.10. The molecule has 0 fully saturated rings. The van der Waals surface area contributed by atoms with E-state index in [2.05, 4.69) is 4.74 Å². The van der Waals surface area contributed by atoms with Crippen LogP contribution in [0.4, 0.5) is 0 Å². The summed E-state index contributed by atoms with van der Waals surface area (Å²) in [5, 5.41) is 0.661. The van der Waals surface area contributed by atoms with Gasteiger partial charge >= 0.3 is 5.97 Å². The predicted molar refractivity (Wildman–Crippen MR) is 79.4 cm³/mol. The monoisotopic (exact) mass is 295 g/mol. The smallest absolute Gasteiger partial charge is 0.305 e. The lowest BCUT2D eigenvalue weighted by molar-refractivity contribution is -0.141. The van der Waals surface area contributed by atoms with E-state index in [1.165, 1.54) is 13.2 Å². The number of nitrogens with zero attached hydrogens (tertiary/aromatic N) is 1. The zero-order chi connectivity index (χ0) is 15.0. The lowest BCUT2D eigenvalue weighted by Gasteiger charge is -2.14. The zero-order valence-corrected chi connectivity index (χ0v) is 12.4. The Balaban J connectivity index is 2.41. The van der Waals surface area contributed by atoms with Crippen molar-refractivity contribution in [3.63, 3.8) is 0 Å². The molecule has 4 nitrogen and oxygen atoms in total. The molecule has 0 atom stereocenters. The Hall–Kier alpha value is -1.81. The van der Waals surface area contributed by atoms with E-state index in [-0.39, 0.29) is 11.9 Å². The van der Waals surface area contributed by atoms with E-state index in [1.54, 1.807) is 30.2 Å². The van der Waals surface area contributed by atoms with Crippen LogP contribution in [0.15, 0.2) is 30.3 Å². The molecule has 5 heteroatoms. The Kier molecular flexibility index (Phi) is 6.81. The van der Waals surface area contributed by atoms with Crippen LogP contribution in [0.25, 0.3) is 6.08 Å². The molecule has 0 N–H and O–H groups in total. The maximum atomic E-state index is 11.8. The summed E-state index contributed by atoms with van der Waals surface area (Å²) < 4.78 is 4.54. The predicted octanol–water partition coefficient (Wildman–Crippen LogP) is 2.76. The van der Waals surface area contributed by atoms with Gasteiger partial charge in [-0.1, -0.05) is 23.7 Å². The number of esters is 1. The van der Waals surface area contributed by atoms with Crippen molar-refractivity contribution >= 4 is 29.6 Å². The maximum absolute atomic E-state index is 11.8. The van der Waals surface area contributed by atoms with Gasteiger partial charge in [0.2, 0.25) is 5.91 Å². The molecule has 0 saturated carbocycles. The summed E-state index contributed by atoms with van der Waals surface area (Å²) >= 11 is 5.78.